The van der Waals surface area contributed by atoms with Gasteiger partial charge in [0, 0.05) is 10.5 Å². The van der Waals surface area contributed by atoms with E-state index in [0.717, 1.165) is 6.07 Å². The second kappa shape index (κ2) is 6.95. The van der Waals surface area contributed by atoms with E-state index in [-0.39, 0.29) is 34.8 Å². The molecule has 0 radical (unpaired) electrons. The Labute approximate surface area is 114 Å². The minimum absolute atomic E-state index is 0.119. The first-order valence-corrected chi connectivity index (χ1v) is 5.79. The monoisotopic (exact) mass is 287 g/mol. The number of alkyl halides is 2. The zero-order chi connectivity index (χ0) is 14.4. The van der Waals surface area contributed by atoms with Crippen LogP contribution in [0.25, 0.3) is 0 Å². The fraction of sp³-hybridized carbons (Fsp3) is 0.333. The summed E-state index contributed by atoms with van der Waals surface area (Å²) in [7, 11) is 0. The quantitative estimate of drug-likeness (QED) is 0.668. The molecule has 7 heteroatoms. The Hall–Kier alpha value is -1.81. The Morgan fingerprint density at radius 2 is 2.21 bits per heavy atom. The van der Waals surface area contributed by atoms with Gasteiger partial charge >= 0.3 is 12.6 Å². The van der Waals surface area contributed by atoms with E-state index in [9.17, 15) is 13.6 Å². The summed E-state index contributed by atoms with van der Waals surface area (Å²) >= 11 is 4.07. The van der Waals surface area contributed by atoms with E-state index in [4.69, 9.17) is 10.00 Å². The summed E-state index contributed by atoms with van der Waals surface area (Å²) in [5, 5.41) is 8.76. The van der Waals surface area contributed by atoms with Crippen LogP contribution in [0, 0.1) is 11.3 Å². The van der Waals surface area contributed by atoms with Gasteiger partial charge < -0.3 is 9.47 Å². The van der Waals surface area contributed by atoms with Crippen molar-refractivity contribution in [2.75, 3.05) is 6.61 Å². The number of hydrogen-bond acceptors (Lipinski definition) is 5. The molecular weight excluding hydrogens is 276 g/mol. The minimum atomic E-state index is -3.05. The molecule has 0 aliphatic carbocycles. The molecule has 0 aliphatic rings. The van der Waals surface area contributed by atoms with Crippen molar-refractivity contribution < 1.29 is 23.0 Å². The number of benzene rings is 1. The topological polar surface area (TPSA) is 59.3 Å². The zero-order valence-corrected chi connectivity index (χ0v) is 10.9. The summed E-state index contributed by atoms with van der Waals surface area (Å²) in [5.41, 5.74) is 0.286. The second-order valence-electron chi connectivity index (χ2n) is 3.44. The summed E-state index contributed by atoms with van der Waals surface area (Å²) < 4.78 is 33.7. The average molecular weight is 287 g/mol. The molecule has 0 aliphatic heterocycles. The van der Waals surface area contributed by atoms with Gasteiger partial charge in [-0.3, -0.25) is 4.79 Å². The minimum Gasteiger partial charge on any atom is -0.466 e. The molecule has 0 atom stereocenters. The van der Waals surface area contributed by atoms with Gasteiger partial charge in [-0.25, -0.2) is 0 Å². The summed E-state index contributed by atoms with van der Waals surface area (Å²) in [5.74, 6) is -0.825. The highest BCUT2D eigenvalue weighted by atomic mass is 32.1. The van der Waals surface area contributed by atoms with E-state index in [1.54, 1.807) is 13.0 Å². The lowest BCUT2D eigenvalue weighted by Gasteiger charge is -2.13. The number of nitriles is 1. The van der Waals surface area contributed by atoms with Crippen LogP contribution in [0.15, 0.2) is 17.0 Å². The number of esters is 1. The van der Waals surface area contributed by atoms with E-state index in [0.29, 0.717) is 0 Å². The van der Waals surface area contributed by atoms with Crippen LogP contribution < -0.4 is 4.74 Å². The van der Waals surface area contributed by atoms with Gasteiger partial charge in [0.15, 0.2) is 0 Å². The molecule has 0 saturated carbocycles. The molecule has 0 amide bonds. The molecule has 19 heavy (non-hydrogen) atoms. The molecule has 4 nitrogen and oxygen atoms in total. The predicted octanol–water partition coefficient (Wildman–Crippen LogP) is 2.55. The lowest BCUT2D eigenvalue weighted by molar-refractivity contribution is -0.142. The molecule has 0 unspecified atom stereocenters. The van der Waals surface area contributed by atoms with Gasteiger partial charge in [-0.05, 0) is 19.1 Å². The summed E-state index contributed by atoms with van der Waals surface area (Å²) in [6, 6.07) is 4.31. The molecule has 102 valence electrons. The van der Waals surface area contributed by atoms with Crippen molar-refractivity contribution in [2.45, 2.75) is 24.9 Å². The zero-order valence-electron chi connectivity index (χ0n) is 10.0. The maximum Gasteiger partial charge on any atom is 0.387 e. The van der Waals surface area contributed by atoms with Gasteiger partial charge in [0.2, 0.25) is 0 Å². The second-order valence-corrected chi connectivity index (χ2v) is 3.93. The lowest BCUT2D eigenvalue weighted by Crippen LogP contribution is -2.11. The van der Waals surface area contributed by atoms with E-state index >= 15 is 0 Å². The fourth-order valence-electron chi connectivity index (χ4n) is 1.43. The Balaban J connectivity index is 3.13. The summed E-state index contributed by atoms with van der Waals surface area (Å²) in [4.78, 5) is 11.6. The molecule has 0 heterocycles. The molecule has 0 saturated heterocycles. The summed E-state index contributed by atoms with van der Waals surface area (Å²) in [6.07, 6.45) is -0.250. The van der Waals surface area contributed by atoms with Crippen molar-refractivity contribution in [3.8, 4) is 11.8 Å². The normalized spacial score (nSPS) is 10.1. The number of carbonyl (C=O) groups is 1. The maximum absolute atomic E-state index is 12.3. The van der Waals surface area contributed by atoms with Gasteiger partial charge in [-0.1, -0.05) is 0 Å². The van der Waals surface area contributed by atoms with Gasteiger partial charge in [0.05, 0.1) is 24.7 Å². The first kappa shape index (κ1) is 15.2. The third-order valence-electron chi connectivity index (χ3n) is 2.16. The molecule has 1 aromatic carbocycles. The van der Waals surface area contributed by atoms with E-state index in [2.05, 4.69) is 17.4 Å². The van der Waals surface area contributed by atoms with Crippen LogP contribution >= 0.6 is 12.6 Å². The molecule has 1 aromatic rings. The maximum atomic E-state index is 12.3. The van der Waals surface area contributed by atoms with Crippen LogP contribution in [0.1, 0.15) is 18.1 Å². The van der Waals surface area contributed by atoms with Crippen molar-refractivity contribution in [2.24, 2.45) is 0 Å². The number of rotatable bonds is 5. The van der Waals surface area contributed by atoms with Crippen LogP contribution in [0.4, 0.5) is 8.78 Å². The average Bonchev–Trinajstić information content (AvgIpc) is 2.32. The number of thiol groups is 1. The van der Waals surface area contributed by atoms with Crippen molar-refractivity contribution in [3.63, 3.8) is 0 Å². The molecule has 0 spiro atoms. The number of carbonyl (C=O) groups excluding carboxylic acids is 1. The van der Waals surface area contributed by atoms with Gasteiger partial charge in [0.1, 0.15) is 5.75 Å². The molecule has 0 aromatic heterocycles. The smallest absolute Gasteiger partial charge is 0.387 e. The molecule has 0 fully saturated rings. The van der Waals surface area contributed by atoms with Crippen LogP contribution in [0.5, 0.6) is 5.75 Å². The van der Waals surface area contributed by atoms with Crippen LogP contribution in [-0.2, 0) is 16.0 Å². The highest BCUT2D eigenvalue weighted by Crippen LogP contribution is 2.29. The number of ether oxygens (including phenoxy) is 2. The van der Waals surface area contributed by atoms with Gasteiger partial charge in [0.25, 0.3) is 0 Å². The molecule has 0 bridgehead atoms. The van der Waals surface area contributed by atoms with Crippen molar-refractivity contribution in [1.82, 2.24) is 0 Å². The van der Waals surface area contributed by atoms with Gasteiger partial charge in [-0.2, -0.15) is 14.0 Å². The predicted molar refractivity (Wildman–Crippen MR) is 65.4 cm³/mol. The van der Waals surface area contributed by atoms with Crippen molar-refractivity contribution in [3.05, 3.63) is 23.3 Å². The van der Waals surface area contributed by atoms with E-state index in [1.165, 1.54) is 6.07 Å². The first-order valence-electron chi connectivity index (χ1n) is 5.34. The van der Waals surface area contributed by atoms with Crippen LogP contribution in [0.2, 0.25) is 0 Å². The highest BCUT2D eigenvalue weighted by molar-refractivity contribution is 7.80. The van der Waals surface area contributed by atoms with Crippen molar-refractivity contribution >= 4 is 18.6 Å². The van der Waals surface area contributed by atoms with E-state index in [1.807, 2.05) is 0 Å². The summed E-state index contributed by atoms with van der Waals surface area (Å²) in [6.45, 7) is -1.24. The molecule has 1 rings (SSSR count). The Morgan fingerprint density at radius 1 is 1.53 bits per heavy atom. The van der Waals surface area contributed by atoms with Crippen LogP contribution in [-0.4, -0.2) is 19.2 Å². The Morgan fingerprint density at radius 3 is 2.74 bits per heavy atom. The fourth-order valence-corrected chi connectivity index (χ4v) is 1.76. The highest BCUT2D eigenvalue weighted by Gasteiger charge is 2.17. The van der Waals surface area contributed by atoms with Gasteiger partial charge in [-0.15, -0.1) is 12.6 Å². The third kappa shape index (κ3) is 4.41. The standard InChI is InChI=1S/C12H11F2NO3S/c1-2-17-11(16)5-8-9(18-12(13)14)3-7(6-15)4-10(8)19/h3-4,12,19H,2,5H2,1H3. The SMILES string of the molecule is CCOC(=O)Cc1c(S)cc(C#N)cc1OC(F)F. The third-order valence-corrected chi connectivity index (χ3v) is 2.56. The number of nitrogens with zero attached hydrogens (tertiary/aromatic N) is 1. The van der Waals surface area contributed by atoms with Crippen LogP contribution in [0.3, 0.4) is 0 Å². The lowest BCUT2D eigenvalue weighted by atomic mass is 10.1. The molecular formula is C12H11F2NO3S. The van der Waals surface area contributed by atoms with E-state index < -0.39 is 12.6 Å². The Bertz CT molecular complexity index is 514. The Kier molecular flexibility index (Phi) is 5.57. The number of hydrogen-bond donors (Lipinski definition) is 1. The first-order chi connectivity index (χ1) is 8.97. The number of halogens is 2. The largest absolute Gasteiger partial charge is 0.466 e. The molecule has 0 N–H and O–H groups in total. The van der Waals surface area contributed by atoms with Crippen molar-refractivity contribution in [1.29, 1.82) is 5.26 Å².